The summed E-state index contributed by atoms with van der Waals surface area (Å²) in [5.41, 5.74) is 4.77. The summed E-state index contributed by atoms with van der Waals surface area (Å²) in [5, 5.41) is 0. The number of carbonyl (C=O) groups is 3. The Kier molecular flexibility index (Phi) is 21.8. The fraction of sp³-hybridized carbons (Fsp3) is 0.325. The summed E-state index contributed by atoms with van der Waals surface area (Å²) in [6.45, 7) is 28.9. The van der Waals surface area contributed by atoms with Gasteiger partial charge in [-0.25, -0.2) is 14.4 Å². The van der Waals surface area contributed by atoms with E-state index in [1.807, 2.05) is 49.4 Å². The maximum Gasteiger partial charge on any atom is 0.333 e. The van der Waals surface area contributed by atoms with E-state index in [1.54, 1.807) is 0 Å². The van der Waals surface area contributed by atoms with E-state index in [9.17, 15) is 14.4 Å². The Labute approximate surface area is 295 Å². The molecule has 262 valence electrons. The zero-order chi connectivity index (χ0) is 36.2. The molecule has 0 N–H and O–H groups in total. The second-order valence-corrected chi connectivity index (χ2v) is 12.3. The molecule has 0 aliphatic carbocycles. The van der Waals surface area contributed by atoms with Gasteiger partial charge < -0.3 is 31.1 Å². The van der Waals surface area contributed by atoms with Gasteiger partial charge in [0.15, 0.2) is 0 Å². The van der Waals surface area contributed by atoms with Crippen LogP contribution in [-0.4, -0.2) is 63.4 Å². The highest BCUT2D eigenvalue weighted by atomic mass is 35.5. The molecule has 0 heterocycles. The van der Waals surface area contributed by atoms with Gasteiger partial charge in [-0.1, -0.05) is 113 Å². The molecular formula is C40H54ClNO6. The van der Waals surface area contributed by atoms with E-state index in [1.165, 1.54) is 31.9 Å². The van der Waals surface area contributed by atoms with Crippen molar-refractivity contribution >= 4 is 36.1 Å². The largest absolute Gasteiger partial charge is 1.00 e. The van der Waals surface area contributed by atoms with Gasteiger partial charge in [0, 0.05) is 22.3 Å². The minimum atomic E-state index is -0.860. The van der Waals surface area contributed by atoms with Crippen molar-refractivity contribution < 1.29 is 45.5 Å². The molecule has 0 unspecified atom stereocenters. The lowest BCUT2D eigenvalue weighted by molar-refractivity contribution is -0.884. The van der Waals surface area contributed by atoms with Gasteiger partial charge in [-0.15, -0.1) is 0 Å². The summed E-state index contributed by atoms with van der Waals surface area (Å²) in [7, 11) is 6.58. The normalized spacial score (nSPS) is 10.1. The van der Waals surface area contributed by atoms with E-state index in [0.717, 1.165) is 22.2 Å². The van der Waals surface area contributed by atoms with Crippen molar-refractivity contribution in [3.05, 3.63) is 127 Å². The highest BCUT2D eigenvalue weighted by Crippen LogP contribution is 2.25. The van der Waals surface area contributed by atoms with Gasteiger partial charge in [0.05, 0.1) is 26.6 Å². The molecule has 2 aromatic carbocycles. The average Bonchev–Trinajstić information content (AvgIpc) is 3.03. The topological polar surface area (TPSA) is 78.9 Å². The van der Waals surface area contributed by atoms with E-state index in [-0.39, 0.29) is 48.9 Å². The highest BCUT2D eigenvalue weighted by Gasteiger charge is 2.34. The number of rotatable bonds is 15. The quantitative estimate of drug-likeness (QED) is 0.111. The van der Waals surface area contributed by atoms with E-state index in [2.05, 4.69) is 84.9 Å². The third-order valence-corrected chi connectivity index (χ3v) is 6.68. The maximum absolute atomic E-state index is 11.6. The zero-order valence-electron chi connectivity index (χ0n) is 29.9. The molecule has 8 heteroatoms. The number of nitrogens with zero attached hydrogens (tertiary/aromatic N) is 1. The summed E-state index contributed by atoms with van der Waals surface area (Å²) >= 11 is 0. The molecule has 0 radical (unpaired) electrons. The van der Waals surface area contributed by atoms with Crippen molar-refractivity contribution in [2.75, 3.05) is 41.0 Å². The number of carbonyl (C=O) groups excluding carboxylic acids is 3. The molecule has 0 aliphatic heterocycles. The van der Waals surface area contributed by atoms with Crippen LogP contribution in [0.1, 0.15) is 56.4 Å². The van der Waals surface area contributed by atoms with Gasteiger partial charge in [-0.05, 0) is 43.9 Å². The maximum atomic E-state index is 11.6. The molecule has 0 saturated carbocycles. The minimum absolute atomic E-state index is 0. The van der Waals surface area contributed by atoms with Crippen LogP contribution in [0, 0.1) is 5.41 Å². The lowest BCUT2D eigenvalue weighted by Crippen LogP contribution is -3.00. The van der Waals surface area contributed by atoms with Crippen molar-refractivity contribution in [2.24, 2.45) is 5.41 Å². The summed E-state index contributed by atoms with van der Waals surface area (Å²) in [4.78, 5) is 34.9. The Morgan fingerprint density at radius 3 is 1.23 bits per heavy atom. The van der Waals surface area contributed by atoms with Crippen molar-refractivity contribution in [1.29, 1.82) is 0 Å². The Morgan fingerprint density at radius 1 is 0.646 bits per heavy atom. The molecule has 0 aliphatic rings. The molecular weight excluding hydrogens is 626 g/mol. The van der Waals surface area contributed by atoms with Gasteiger partial charge in [-0.3, -0.25) is 0 Å². The lowest BCUT2D eigenvalue weighted by atomic mass is 9.88. The van der Waals surface area contributed by atoms with Crippen LogP contribution >= 0.6 is 0 Å². The van der Waals surface area contributed by atoms with E-state index in [0.29, 0.717) is 6.42 Å². The molecule has 7 nitrogen and oxygen atoms in total. The van der Waals surface area contributed by atoms with Crippen LogP contribution in [0.2, 0.25) is 0 Å². The van der Waals surface area contributed by atoms with Crippen molar-refractivity contribution in [1.82, 2.24) is 0 Å². The number of hydrogen-bond donors (Lipinski definition) is 0. The third kappa shape index (κ3) is 18.0. The summed E-state index contributed by atoms with van der Waals surface area (Å²) in [6, 6.07) is 16.4. The lowest BCUT2D eigenvalue weighted by Gasteiger charge is -2.31. The predicted octanol–water partition coefficient (Wildman–Crippen LogP) is 5.25. The first kappa shape index (κ1) is 45.7. The van der Waals surface area contributed by atoms with E-state index in [4.69, 9.17) is 14.2 Å². The number of esters is 3. The van der Waals surface area contributed by atoms with Crippen LogP contribution in [0.15, 0.2) is 105 Å². The zero-order valence-corrected chi connectivity index (χ0v) is 30.7. The third-order valence-electron chi connectivity index (χ3n) is 6.68. The van der Waals surface area contributed by atoms with E-state index < -0.39 is 23.3 Å². The van der Waals surface area contributed by atoms with Gasteiger partial charge in [-0.2, -0.15) is 0 Å². The van der Waals surface area contributed by atoms with Crippen molar-refractivity contribution in [3.63, 3.8) is 0 Å². The second kappa shape index (κ2) is 23.0. The highest BCUT2D eigenvalue weighted by molar-refractivity contribution is 5.88. The van der Waals surface area contributed by atoms with E-state index >= 15 is 0 Å². The first-order valence-corrected chi connectivity index (χ1v) is 15.3. The van der Waals surface area contributed by atoms with Crippen LogP contribution < -0.4 is 12.4 Å². The molecule has 0 bridgehead atoms. The number of hydrogen-bond acceptors (Lipinski definition) is 6. The van der Waals surface area contributed by atoms with Crippen LogP contribution in [0.4, 0.5) is 0 Å². The molecule has 48 heavy (non-hydrogen) atoms. The molecule has 0 spiro atoms. The molecule has 0 saturated heterocycles. The average molecular weight is 680 g/mol. The van der Waals surface area contributed by atoms with Crippen molar-refractivity contribution in [2.45, 2.75) is 40.7 Å². The molecule has 0 aromatic heterocycles. The fourth-order valence-electron chi connectivity index (χ4n) is 3.73. The standard InChI is InChI=1S/C18H26O6.C12H18N.C10H10.ClH/c1-8-18(9-22-15(19)12(2)3,10-23-16(20)13(4)5)11-24-17(21)14(6)7;1-5-11-8-6-7-9-12(11)10-13(2,3)4;1-3-9-7-5-6-8-10(9)4-2;/h2,4,6,8-11H2,1,3,5,7H3;5-9H,1,10H2,2-4H3;3-8H,1-2H2;1H/q;+1;;/p-1. The number of quaternary nitrogens is 1. The summed E-state index contributed by atoms with van der Waals surface area (Å²) in [5.74, 6) is -1.69. The van der Waals surface area contributed by atoms with Gasteiger partial charge in [0.25, 0.3) is 0 Å². The van der Waals surface area contributed by atoms with Crippen LogP contribution in [0.5, 0.6) is 0 Å². The summed E-state index contributed by atoms with van der Waals surface area (Å²) in [6.07, 6.45) is 6.03. The molecule has 0 fully saturated rings. The second-order valence-electron chi connectivity index (χ2n) is 12.3. The monoisotopic (exact) mass is 679 g/mol. The van der Waals surface area contributed by atoms with Gasteiger partial charge >= 0.3 is 17.9 Å². The fourth-order valence-corrected chi connectivity index (χ4v) is 3.73. The number of benzene rings is 2. The number of halogens is 1. The van der Waals surface area contributed by atoms with Crippen molar-refractivity contribution in [3.8, 4) is 0 Å². The SMILES string of the molecule is C=C(C)C(=O)OCC(CC)(COC(=O)C(=C)C)COC(=O)C(=C)C.C=Cc1ccccc1C=C.C=Cc1ccccc1C[N+](C)(C)C.[Cl-]. The number of ether oxygens (including phenoxy) is 3. The van der Waals surface area contributed by atoms with Gasteiger partial charge in [0.1, 0.15) is 26.4 Å². The Balaban J connectivity index is 0. The molecule has 0 amide bonds. The molecule has 2 rings (SSSR count). The Bertz CT molecular complexity index is 1330. The predicted molar refractivity (Wildman–Crippen MR) is 195 cm³/mol. The first-order valence-electron chi connectivity index (χ1n) is 15.3. The van der Waals surface area contributed by atoms with Crippen LogP contribution in [-0.2, 0) is 35.1 Å². The minimum Gasteiger partial charge on any atom is -1.00 e. The molecule has 2 aromatic rings. The smallest absolute Gasteiger partial charge is 0.333 e. The molecule has 0 atom stereocenters. The Morgan fingerprint density at radius 2 is 0.958 bits per heavy atom. The van der Waals surface area contributed by atoms with Crippen LogP contribution in [0.25, 0.3) is 18.2 Å². The first-order chi connectivity index (χ1) is 21.9. The van der Waals surface area contributed by atoms with Crippen LogP contribution in [0.3, 0.4) is 0 Å². The summed E-state index contributed by atoms with van der Waals surface area (Å²) < 4.78 is 16.5. The Hall–Kier alpha value is -4.46. The van der Waals surface area contributed by atoms with Gasteiger partial charge in [0.2, 0.25) is 0 Å².